The molecule has 1 aliphatic carbocycles. The molecule has 0 aromatic rings. The van der Waals surface area contributed by atoms with E-state index in [0.717, 1.165) is 25.7 Å². The van der Waals surface area contributed by atoms with Gasteiger partial charge in [0.1, 0.15) is 5.78 Å². The Bertz CT molecular complexity index is 318. The van der Waals surface area contributed by atoms with Gasteiger partial charge in [-0.1, -0.05) is 0 Å². The van der Waals surface area contributed by atoms with E-state index in [1.165, 1.54) is 14.2 Å². The van der Waals surface area contributed by atoms with Gasteiger partial charge in [-0.05, 0) is 38.5 Å². The second-order valence-electron chi connectivity index (χ2n) is 5.31. The molecule has 114 valence electrons. The highest BCUT2D eigenvalue weighted by Gasteiger charge is 2.33. The van der Waals surface area contributed by atoms with E-state index in [2.05, 4.69) is 9.47 Å². The molecular formula is C15H24O5. The molecule has 1 saturated carbocycles. The van der Waals surface area contributed by atoms with Crippen molar-refractivity contribution in [2.45, 2.75) is 51.4 Å². The first-order valence-electron chi connectivity index (χ1n) is 7.25. The maximum atomic E-state index is 12.2. The molecule has 1 rings (SSSR count). The minimum absolute atomic E-state index is 0.0859. The van der Waals surface area contributed by atoms with Gasteiger partial charge in [0.2, 0.25) is 0 Å². The van der Waals surface area contributed by atoms with E-state index in [1.54, 1.807) is 0 Å². The summed E-state index contributed by atoms with van der Waals surface area (Å²) >= 11 is 0. The van der Waals surface area contributed by atoms with Crippen LogP contribution < -0.4 is 0 Å². The minimum Gasteiger partial charge on any atom is -0.469 e. The van der Waals surface area contributed by atoms with Crippen LogP contribution in [0.15, 0.2) is 0 Å². The van der Waals surface area contributed by atoms with Gasteiger partial charge in [-0.15, -0.1) is 0 Å². The van der Waals surface area contributed by atoms with Gasteiger partial charge in [-0.2, -0.15) is 0 Å². The van der Waals surface area contributed by atoms with Crippen LogP contribution >= 0.6 is 0 Å². The topological polar surface area (TPSA) is 69.7 Å². The van der Waals surface area contributed by atoms with Crippen LogP contribution in [0.1, 0.15) is 51.4 Å². The van der Waals surface area contributed by atoms with E-state index in [-0.39, 0.29) is 23.8 Å². The predicted molar refractivity (Wildman–Crippen MR) is 73.0 cm³/mol. The summed E-state index contributed by atoms with van der Waals surface area (Å²) in [6.07, 6.45) is 5.52. The van der Waals surface area contributed by atoms with Crippen molar-refractivity contribution in [3.05, 3.63) is 0 Å². The molecule has 0 heterocycles. The van der Waals surface area contributed by atoms with Gasteiger partial charge in [0.05, 0.1) is 14.2 Å². The second-order valence-corrected chi connectivity index (χ2v) is 5.31. The highest BCUT2D eigenvalue weighted by molar-refractivity contribution is 5.85. The highest BCUT2D eigenvalue weighted by atomic mass is 16.5. The molecule has 0 spiro atoms. The average molecular weight is 284 g/mol. The molecule has 20 heavy (non-hydrogen) atoms. The van der Waals surface area contributed by atoms with Crippen LogP contribution in [0, 0.1) is 11.8 Å². The largest absolute Gasteiger partial charge is 0.469 e. The van der Waals surface area contributed by atoms with E-state index in [1.807, 2.05) is 0 Å². The average Bonchev–Trinajstić information content (AvgIpc) is 2.80. The molecular weight excluding hydrogens is 260 g/mol. The van der Waals surface area contributed by atoms with Gasteiger partial charge in [-0.3, -0.25) is 14.4 Å². The SMILES string of the molecule is COC(=O)CCCC1CCC(CCCC(=O)OC)C1=O. The normalized spacial score (nSPS) is 21.8. The Hall–Kier alpha value is -1.39. The Balaban J connectivity index is 2.22. The van der Waals surface area contributed by atoms with Gasteiger partial charge >= 0.3 is 11.9 Å². The lowest BCUT2D eigenvalue weighted by atomic mass is 9.94. The zero-order valence-electron chi connectivity index (χ0n) is 12.4. The van der Waals surface area contributed by atoms with Crippen molar-refractivity contribution >= 4 is 17.7 Å². The van der Waals surface area contributed by atoms with Crippen LogP contribution in [0.4, 0.5) is 0 Å². The first-order chi connectivity index (χ1) is 9.58. The van der Waals surface area contributed by atoms with Crippen molar-refractivity contribution in [1.82, 2.24) is 0 Å². The summed E-state index contributed by atoms with van der Waals surface area (Å²) in [5.74, 6) is 0.0421. The second kappa shape index (κ2) is 8.72. The minimum atomic E-state index is -0.218. The molecule has 5 nitrogen and oxygen atoms in total. The zero-order valence-corrected chi connectivity index (χ0v) is 12.4. The van der Waals surface area contributed by atoms with Crippen molar-refractivity contribution < 1.29 is 23.9 Å². The molecule has 0 amide bonds. The molecule has 0 bridgehead atoms. The first kappa shape index (κ1) is 16.7. The summed E-state index contributed by atoms with van der Waals surface area (Å²) < 4.78 is 9.16. The molecule has 0 aromatic heterocycles. The van der Waals surface area contributed by atoms with E-state index >= 15 is 0 Å². The Morgan fingerprint density at radius 1 is 0.950 bits per heavy atom. The fourth-order valence-electron chi connectivity index (χ4n) is 2.78. The standard InChI is InChI=1S/C15H24O5/c1-19-13(16)7-3-5-11-9-10-12(15(11)18)6-4-8-14(17)20-2/h11-12H,3-10H2,1-2H3. The van der Waals surface area contributed by atoms with Crippen LogP contribution in [-0.4, -0.2) is 31.9 Å². The fourth-order valence-corrected chi connectivity index (χ4v) is 2.78. The Morgan fingerprint density at radius 2 is 1.35 bits per heavy atom. The molecule has 0 aliphatic heterocycles. The first-order valence-corrected chi connectivity index (χ1v) is 7.25. The number of carbonyl (C=O) groups is 3. The maximum Gasteiger partial charge on any atom is 0.305 e. The molecule has 2 atom stereocenters. The fraction of sp³-hybridized carbons (Fsp3) is 0.800. The van der Waals surface area contributed by atoms with Gasteiger partial charge < -0.3 is 9.47 Å². The van der Waals surface area contributed by atoms with E-state index < -0.39 is 0 Å². The number of Topliss-reactive ketones (excluding diaryl/α,β-unsaturated/α-hetero) is 1. The molecule has 2 unspecified atom stereocenters. The van der Waals surface area contributed by atoms with Crippen molar-refractivity contribution in [2.75, 3.05) is 14.2 Å². The Kier molecular flexibility index (Phi) is 7.26. The number of hydrogen-bond donors (Lipinski definition) is 0. The third-order valence-corrected chi connectivity index (χ3v) is 3.99. The van der Waals surface area contributed by atoms with Crippen LogP contribution in [0.2, 0.25) is 0 Å². The predicted octanol–water partition coefficient (Wildman–Crippen LogP) is 2.27. The molecule has 0 saturated heterocycles. The lowest BCUT2D eigenvalue weighted by Gasteiger charge is -2.10. The number of methoxy groups -OCH3 is 2. The number of carbonyl (C=O) groups excluding carboxylic acids is 3. The van der Waals surface area contributed by atoms with Crippen LogP contribution in [0.3, 0.4) is 0 Å². The molecule has 5 heteroatoms. The van der Waals surface area contributed by atoms with E-state index in [9.17, 15) is 14.4 Å². The van der Waals surface area contributed by atoms with E-state index in [4.69, 9.17) is 0 Å². The molecule has 1 aliphatic rings. The summed E-state index contributed by atoms with van der Waals surface area (Å²) in [5.41, 5.74) is 0. The van der Waals surface area contributed by atoms with Gasteiger partial charge in [0.25, 0.3) is 0 Å². The quantitative estimate of drug-likeness (QED) is 0.639. The van der Waals surface area contributed by atoms with Crippen molar-refractivity contribution in [2.24, 2.45) is 11.8 Å². The number of rotatable bonds is 8. The van der Waals surface area contributed by atoms with Crippen molar-refractivity contribution in [3.8, 4) is 0 Å². The third-order valence-electron chi connectivity index (χ3n) is 3.99. The smallest absolute Gasteiger partial charge is 0.305 e. The van der Waals surface area contributed by atoms with Crippen molar-refractivity contribution in [1.29, 1.82) is 0 Å². The number of hydrogen-bond acceptors (Lipinski definition) is 5. The van der Waals surface area contributed by atoms with E-state index in [0.29, 0.717) is 31.5 Å². The zero-order chi connectivity index (χ0) is 15.0. The number of ether oxygens (including phenoxy) is 2. The van der Waals surface area contributed by atoms with Gasteiger partial charge in [0, 0.05) is 24.7 Å². The summed E-state index contributed by atoms with van der Waals surface area (Å²) in [6, 6.07) is 0. The van der Waals surface area contributed by atoms with Crippen molar-refractivity contribution in [3.63, 3.8) is 0 Å². The monoisotopic (exact) mass is 284 g/mol. The number of esters is 2. The van der Waals surface area contributed by atoms with Crippen LogP contribution in [0.25, 0.3) is 0 Å². The maximum absolute atomic E-state index is 12.2. The van der Waals surface area contributed by atoms with Gasteiger partial charge in [0.15, 0.2) is 0 Å². The highest BCUT2D eigenvalue weighted by Crippen LogP contribution is 2.33. The summed E-state index contributed by atoms with van der Waals surface area (Å²) in [6.45, 7) is 0. The lowest BCUT2D eigenvalue weighted by molar-refractivity contribution is -0.141. The summed E-state index contributed by atoms with van der Waals surface area (Å²) in [4.78, 5) is 34.2. The van der Waals surface area contributed by atoms with Crippen LogP contribution in [0.5, 0.6) is 0 Å². The number of ketones is 1. The third kappa shape index (κ3) is 5.31. The Morgan fingerprint density at radius 3 is 1.70 bits per heavy atom. The molecule has 1 fully saturated rings. The Labute approximate surface area is 120 Å². The summed E-state index contributed by atoms with van der Waals surface area (Å²) in [5, 5.41) is 0. The lowest BCUT2D eigenvalue weighted by Crippen LogP contribution is -2.15. The van der Waals surface area contributed by atoms with Gasteiger partial charge in [-0.25, -0.2) is 0 Å². The molecule has 0 N–H and O–H groups in total. The molecule has 0 radical (unpaired) electrons. The summed E-state index contributed by atoms with van der Waals surface area (Å²) in [7, 11) is 2.75. The van der Waals surface area contributed by atoms with Crippen LogP contribution in [-0.2, 0) is 23.9 Å². The molecule has 0 aromatic carbocycles.